The largest absolute Gasteiger partial charge is 0.367 e. The van der Waals surface area contributed by atoms with E-state index in [9.17, 15) is 0 Å². The second kappa shape index (κ2) is 7.19. The third kappa shape index (κ3) is 2.66. The molecule has 0 atom stereocenters. The third-order valence-electron chi connectivity index (χ3n) is 7.83. The molecule has 0 aliphatic rings. The standard InChI is InChI=1S/C35H23N/c1-21-16-23-10-12-29-31(25-14-15-36-20-25)19-33(30-13-11-24(17-21)34(23)35(29)30)32-18-22-6-2-3-7-26(22)27-8-4-5-9-28(27)32/h2-20,36H,1H3. The van der Waals surface area contributed by atoms with Crippen molar-refractivity contribution < 1.29 is 0 Å². The summed E-state index contributed by atoms with van der Waals surface area (Å²) in [6, 6.07) is 38.4. The molecule has 7 aromatic carbocycles. The topological polar surface area (TPSA) is 15.8 Å². The molecule has 0 spiro atoms. The van der Waals surface area contributed by atoms with Gasteiger partial charge in [0.2, 0.25) is 0 Å². The lowest BCUT2D eigenvalue weighted by atomic mass is 9.84. The first-order chi connectivity index (χ1) is 17.8. The Morgan fingerprint density at radius 1 is 0.472 bits per heavy atom. The molecule has 8 aromatic rings. The number of fused-ring (bicyclic) bond motifs is 3. The van der Waals surface area contributed by atoms with Crippen LogP contribution in [0.2, 0.25) is 0 Å². The summed E-state index contributed by atoms with van der Waals surface area (Å²) >= 11 is 0. The zero-order chi connectivity index (χ0) is 23.8. The molecule has 168 valence electrons. The molecule has 0 bridgehead atoms. The van der Waals surface area contributed by atoms with Gasteiger partial charge >= 0.3 is 0 Å². The average molecular weight is 458 g/mol. The normalized spacial score (nSPS) is 12.0. The molecule has 1 heteroatoms. The van der Waals surface area contributed by atoms with Gasteiger partial charge in [0, 0.05) is 12.4 Å². The van der Waals surface area contributed by atoms with Gasteiger partial charge < -0.3 is 4.98 Å². The van der Waals surface area contributed by atoms with Crippen LogP contribution >= 0.6 is 0 Å². The van der Waals surface area contributed by atoms with E-state index in [1.807, 2.05) is 6.20 Å². The Labute approximate surface area is 209 Å². The molecule has 0 saturated heterocycles. The predicted octanol–water partition coefficient (Wildman–Crippen LogP) is 9.86. The van der Waals surface area contributed by atoms with Crippen LogP contribution in [0, 0.1) is 6.92 Å². The summed E-state index contributed by atoms with van der Waals surface area (Å²) in [5.74, 6) is 0. The van der Waals surface area contributed by atoms with Gasteiger partial charge in [-0.15, -0.1) is 0 Å². The highest BCUT2D eigenvalue weighted by Crippen LogP contribution is 2.46. The molecule has 1 nitrogen and oxygen atoms in total. The molecule has 0 aliphatic heterocycles. The number of nitrogens with one attached hydrogen (secondary N) is 1. The summed E-state index contributed by atoms with van der Waals surface area (Å²) in [5, 5.41) is 13.1. The minimum atomic E-state index is 1.22. The van der Waals surface area contributed by atoms with E-state index in [4.69, 9.17) is 0 Å². The van der Waals surface area contributed by atoms with Crippen LogP contribution in [0.4, 0.5) is 0 Å². The molecule has 0 aliphatic carbocycles. The Bertz CT molecular complexity index is 2080. The molecule has 8 rings (SSSR count). The maximum absolute atomic E-state index is 3.28. The summed E-state index contributed by atoms with van der Waals surface area (Å²) in [4.78, 5) is 3.28. The van der Waals surface area contributed by atoms with Gasteiger partial charge in [-0.2, -0.15) is 0 Å². The molecular weight excluding hydrogens is 434 g/mol. The van der Waals surface area contributed by atoms with Crippen molar-refractivity contribution in [3.05, 3.63) is 121 Å². The molecule has 1 heterocycles. The number of aryl methyl sites for hydroxylation is 1. The first kappa shape index (κ1) is 19.7. The van der Waals surface area contributed by atoms with Gasteiger partial charge in [-0.25, -0.2) is 0 Å². The molecule has 1 aromatic heterocycles. The van der Waals surface area contributed by atoms with Gasteiger partial charge in [0.05, 0.1) is 0 Å². The summed E-state index contributed by atoms with van der Waals surface area (Å²) in [6.45, 7) is 2.19. The highest BCUT2D eigenvalue weighted by Gasteiger charge is 2.18. The Morgan fingerprint density at radius 2 is 1.14 bits per heavy atom. The Hall–Kier alpha value is -4.62. The van der Waals surface area contributed by atoms with E-state index in [0.717, 1.165) is 0 Å². The van der Waals surface area contributed by atoms with Crippen LogP contribution in [0.25, 0.3) is 76.1 Å². The van der Waals surface area contributed by atoms with E-state index >= 15 is 0 Å². The number of benzene rings is 7. The zero-order valence-corrected chi connectivity index (χ0v) is 20.0. The van der Waals surface area contributed by atoms with Crippen molar-refractivity contribution in [2.24, 2.45) is 0 Å². The van der Waals surface area contributed by atoms with Gasteiger partial charge in [-0.1, -0.05) is 84.9 Å². The quantitative estimate of drug-likeness (QED) is 0.249. The van der Waals surface area contributed by atoms with Crippen molar-refractivity contribution in [3.8, 4) is 22.3 Å². The smallest absolute Gasteiger partial charge is 0.00843 e. The van der Waals surface area contributed by atoms with Crippen molar-refractivity contribution >= 4 is 53.9 Å². The number of H-pyrrole nitrogens is 1. The van der Waals surface area contributed by atoms with E-state index < -0.39 is 0 Å². The first-order valence-electron chi connectivity index (χ1n) is 12.5. The van der Waals surface area contributed by atoms with Gasteiger partial charge in [-0.05, 0) is 107 Å². The minimum Gasteiger partial charge on any atom is -0.367 e. The van der Waals surface area contributed by atoms with Gasteiger partial charge in [0.25, 0.3) is 0 Å². The summed E-state index contributed by atoms with van der Waals surface area (Å²) < 4.78 is 0. The van der Waals surface area contributed by atoms with E-state index in [0.29, 0.717) is 0 Å². The molecule has 1 N–H and O–H groups in total. The van der Waals surface area contributed by atoms with Crippen molar-refractivity contribution in [1.82, 2.24) is 4.98 Å². The van der Waals surface area contributed by atoms with E-state index in [2.05, 4.69) is 121 Å². The summed E-state index contributed by atoms with van der Waals surface area (Å²) in [6.07, 6.45) is 4.13. The maximum Gasteiger partial charge on any atom is 0.00843 e. The van der Waals surface area contributed by atoms with Crippen molar-refractivity contribution in [3.63, 3.8) is 0 Å². The van der Waals surface area contributed by atoms with E-state index in [1.165, 1.54) is 81.7 Å². The van der Waals surface area contributed by atoms with Crippen LogP contribution in [0.1, 0.15) is 5.56 Å². The first-order valence-corrected chi connectivity index (χ1v) is 12.5. The second-order valence-electron chi connectivity index (χ2n) is 9.95. The second-order valence-corrected chi connectivity index (χ2v) is 9.95. The lowest BCUT2D eigenvalue weighted by Crippen LogP contribution is -1.92. The van der Waals surface area contributed by atoms with Crippen molar-refractivity contribution in [2.45, 2.75) is 6.92 Å². The average Bonchev–Trinajstić information content (AvgIpc) is 3.45. The van der Waals surface area contributed by atoms with Crippen LogP contribution in [0.5, 0.6) is 0 Å². The van der Waals surface area contributed by atoms with E-state index in [-0.39, 0.29) is 0 Å². The number of hydrogen-bond donors (Lipinski definition) is 1. The lowest BCUT2D eigenvalue weighted by molar-refractivity contribution is 1.41. The number of rotatable bonds is 2. The fourth-order valence-corrected chi connectivity index (χ4v) is 6.30. The fourth-order valence-electron chi connectivity index (χ4n) is 6.30. The monoisotopic (exact) mass is 457 g/mol. The Kier molecular flexibility index (Phi) is 3.93. The minimum absolute atomic E-state index is 1.22. The summed E-state index contributed by atoms with van der Waals surface area (Å²) in [5.41, 5.74) is 6.36. The van der Waals surface area contributed by atoms with Crippen molar-refractivity contribution in [1.29, 1.82) is 0 Å². The zero-order valence-electron chi connectivity index (χ0n) is 20.0. The Balaban J connectivity index is 1.61. The van der Waals surface area contributed by atoms with Gasteiger partial charge in [-0.3, -0.25) is 0 Å². The highest BCUT2D eigenvalue weighted by molar-refractivity contribution is 6.29. The molecule has 0 saturated carbocycles. The van der Waals surface area contributed by atoms with Gasteiger partial charge in [0.1, 0.15) is 0 Å². The third-order valence-corrected chi connectivity index (χ3v) is 7.83. The molecule has 0 unspecified atom stereocenters. The number of hydrogen-bond acceptors (Lipinski definition) is 0. The van der Waals surface area contributed by atoms with Crippen LogP contribution in [0.3, 0.4) is 0 Å². The molecule has 0 amide bonds. The highest BCUT2D eigenvalue weighted by atomic mass is 14.6. The van der Waals surface area contributed by atoms with Crippen LogP contribution in [-0.4, -0.2) is 4.98 Å². The molecule has 36 heavy (non-hydrogen) atoms. The predicted molar refractivity (Wildman–Crippen MR) is 155 cm³/mol. The number of aromatic nitrogens is 1. The molecule has 0 radical (unpaired) electrons. The summed E-state index contributed by atoms with van der Waals surface area (Å²) in [7, 11) is 0. The van der Waals surface area contributed by atoms with Gasteiger partial charge in [0.15, 0.2) is 0 Å². The number of aromatic amines is 1. The fraction of sp³-hybridized carbons (Fsp3) is 0.0286. The maximum atomic E-state index is 3.28. The van der Waals surface area contributed by atoms with E-state index in [1.54, 1.807) is 0 Å². The van der Waals surface area contributed by atoms with Crippen LogP contribution in [0.15, 0.2) is 116 Å². The molecule has 0 fully saturated rings. The Morgan fingerprint density at radius 3 is 1.89 bits per heavy atom. The van der Waals surface area contributed by atoms with Crippen LogP contribution in [-0.2, 0) is 0 Å². The lowest BCUT2D eigenvalue weighted by Gasteiger charge is -2.19. The van der Waals surface area contributed by atoms with Crippen LogP contribution < -0.4 is 0 Å². The SMILES string of the molecule is Cc1cc2ccc3c(-c4cc[nH]c4)cc(-c4cc5ccccc5c5ccccc45)c4ccc(c1)c2c34. The molecular formula is C35H23N. The van der Waals surface area contributed by atoms with Crippen molar-refractivity contribution in [2.75, 3.05) is 0 Å².